The molecular weight excluding hydrogens is 336 g/mol. The molecule has 0 unspecified atom stereocenters. The number of pyridine rings is 2. The molecule has 0 saturated heterocycles. The maximum absolute atomic E-state index is 4.74. The Kier molecular flexibility index (Phi) is 5.53. The monoisotopic (exact) mass is 360 g/mol. The van der Waals surface area contributed by atoms with Crippen molar-refractivity contribution in [2.24, 2.45) is 0 Å². The van der Waals surface area contributed by atoms with Gasteiger partial charge in [0.15, 0.2) is 0 Å². The summed E-state index contributed by atoms with van der Waals surface area (Å²) in [6.07, 6.45) is 13.1. The number of hydrogen-bond acceptors (Lipinski definition) is 6. The van der Waals surface area contributed by atoms with Gasteiger partial charge in [0.1, 0.15) is 5.82 Å². The van der Waals surface area contributed by atoms with Gasteiger partial charge < -0.3 is 10.6 Å². The molecule has 3 aromatic rings. The van der Waals surface area contributed by atoms with Crippen LogP contribution in [0.25, 0.3) is 11.3 Å². The molecule has 1 aliphatic carbocycles. The summed E-state index contributed by atoms with van der Waals surface area (Å²) in [5.74, 6) is 1.54. The van der Waals surface area contributed by atoms with E-state index in [2.05, 4.69) is 20.6 Å². The fourth-order valence-electron chi connectivity index (χ4n) is 3.41. The lowest BCUT2D eigenvalue weighted by Gasteiger charge is -2.15. The van der Waals surface area contributed by atoms with Gasteiger partial charge in [-0.1, -0.05) is 12.8 Å². The zero-order valence-electron chi connectivity index (χ0n) is 15.3. The van der Waals surface area contributed by atoms with E-state index in [1.54, 1.807) is 12.4 Å². The Morgan fingerprint density at radius 3 is 2.33 bits per heavy atom. The number of anilines is 2. The first-order valence-electron chi connectivity index (χ1n) is 9.55. The SMILES string of the molecule is c1cc(CCNc2cc(-c3ccncc3)nc(NC3CCCC3)n2)ccn1. The fraction of sp³-hybridized carbons (Fsp3) is 0.333. The molecule has 27 heavy (non-hydrogen) atoms. The first-order valence-corrected chi connectivity index (χ1v) is 9.55. The molecule has 0 atom stereocenters. The maximum Gasteiger partial charge on any atom is 0.225 e. The summed E-state index contributed by atoms with van der Waals surface area (Å²) in [5, 5.41) is 6.95. The standard InChI is InChI=1S/C21H24N6/c1-2-4-18(3-1)25-21-26-19(17-8-12-23-13-9-17)15-20(27-21)24-14-7-16-5-10-22-11-6-16/h5-6,8-13,15,18H,1-4,7,14H2,(H2,24,25,26,27). The highest BCUT2D eigenvalue weighted by Gasteiger charge is 2.16. The minimum absolute atomic E-state index is 0.474. The third kappa shape index (κ3) is 4.78. The van der Waals surface area contributed by atoms with Crippen LogP contribution in [0.3, 0.4) is 0 Å². The zero-order valence-corrected chi connectivity index (χ0v) is 15.3. The van der Waals surface area contributed by atoms with Crippen molar-refractivity contribution in [2.75, 3.05) is 17.2 Å². The smallest absolute Gasteiger partial charge is 0.225 e. The van der Waals surface area contributed by atoms with E-state index < -0.39 is 0 Å². The Balaban J connectivity index is 1.51. The van der Waals surface area contributed by atoms with Gasteiger partial charge in [-0.05, 0) is 49.1 Å². The van der Waals surface area contributed by atoms with E-state index in [1.807, 2.05) is 42.7 Å². The molecule has 0 amide bonds. The van der Waals surface area contributed by atoms with Crippen molar-refractivity contribution < 1.29 is 0 Å². The van der Waals surface area contributed by atoms with E-state index in [0.717, 1.165) is 30.0 Å². The van der Waals surface area contributed by atoms with E-state index >= 15 is 0 Å². The zero-order chi connectivity index (χ0) is 18.3. The molecule has 1 saturated carbocycles. The predicted molar refractivity (Wildman–Crippen MR) is 108 cm³/mol. The Morgan fingerprint density at radius 2 is 1.59 bits per heavy atom. The Bertz CT molecular complexity index is 847. The fourth-order valence-corrected chi connectivity index (χ4v) is 3.41. The predicted octanol–water partition coefficient (Wildman–Crippen LogP) is 3.94. The maximum atomic E-state index is 4.74. The third-order valence-corrected chi connectivity index (χ3v) is 4.86. The summed E-state index contributed by atoms with van der Waals surface area (Å²) in [4.78, 5) is 17.6. The normalized spacial score (nSPS) is 14.2. The van der Waals surface area contributed by atoms with Gasteiger partial charge in [0, 0.05) is 49.0 Å². The molecular formula is C21H24N6. The average Bonchev–Trinajstić information content (AvgIpc) is 3.22. The van der Waals surface area contributed by atoms with Gasteiger partial charge in [0.2, 0.25) is 5.95 Å². The van der Waals surface area contributed by atoms with Crippen LogP contribution in [0.1, 0.15) is 31.2 Å². The van der Waals surface area contributed by atoms with Gasteiger partial charge in [-0.2, -0.15) is 4.98 Å². The quantitative estimate of drug-likeness (QED) is 0.665. The molecule has 6 heteroatoms. The van der Waals surface area contributed by atoms with Crippen LogP contribution in [0.2, 0.25) is 0 Å². The van der Waals surface area contributed by atoms with Gasteiger partial charge in [-0.3, -0.25) is 9.97 Å². The van der Waals surface area contributed by atoms with Gasteiger partial charge >= 0.3 is 0 Å². The summed E-state index contributed by atoms with van der Waals surface area (Å²) in [7, 11) is 0. The summed E-state index contributed by atoms with van der Waals surface area (Å²) in [5.41, 5.74) is 3.20. The summed E-state index contributed by atoms with van der Waals surface area (Å²) < 4.78 is 0. The van der Waals surface area contributed by atoms with E-state index in [0.29, 0.717) is 12.0 Å². The minimum Gasteiger partial charge on any atom is -0.370 e. The highest BCUT2D eigenvalue weighted by Crippen LogP contribution is 2.24. The number of nitrogens with one attached hydrogen (secondary N) is 2. The van der Waals surface area contributed by atoms with Gasteiger partial charge in [-0.15, -0.1) is 0 Å². The lowest BCUT2D eigenvalue weighted by Crippen LogP contribution is -2.17. The van der Waals surface area contributed by atoms with Crippen molar-refractivity contribution in [1.82, 2.24) is 19.9 Å². The third-order valence-electron chi connectivity index (χ3n) is 4.86. The van der Waals surface area contributed by atoms with Crippen LogP contribution in [0.4, 0.5) is 11.8 Å². The highest BCUT2D eigenvalue weighted by molar-refractivity contribution is 5.64. The molecule has 2 N–H and O–H groups in total. The van der Waals surface area contributed by atoms with Crippen LogP contribution in [-0.2, 0) is 6.42 Å². The van der Waals surface area contributed by atoms with Crippen molar-refractivity contribution >= 4 is 11.8 Å². The molecule has 3 heterocycles. The summed E-state index contributed by atoms with van der Waals surface area (Å²) in [6.45, 7) is 0.805. The number of aromatic nitrogens is 4. The van der Waals surface area contributed by atoms with Gasteiger partial charge in [-0.25, -0.2) is 4.98 Å². The largest absolute Gasteiger partial charge is 0.370 e. The second-order valence-corrected chi connectivity index (χ2v) is 6.86. The Morgan fingerprint density at radius 1 is 0.889 bits per heavy atom. The van der Waals surface area contributed by atoms with Crippen LogP contribution < -0.4 is 10.6 Å². The van der Waals surface area contributed by atoms with Crippen LogP contribution in [0.5, 0.6) is 0 Å². The lowest BCUT2D eigenvalue weighted by molar-refractivity contribution is 0.744. The average molecular weight is 360 g/mol. The van der Waals surface area contributed by atoms with Crippen molar-refractivity contribution in [3.05, 3.63) is 60.7 Å². The molecule has 1 fully saturated rings. The highest BCUT2D eigenvalue weighted by atomic mass is 15.2. The molecule has 0 spiro atoms. The molecule has 0 bridgehead atoms. The second-order valence-electron chi connectivity index (χ2n) is 6.86. The van der Waals surface area contributed by atoms with Crippen LogP contribution in [0, 0.1) is 0 Å². The van der Waals surface area contributed by atoms with Crippen LogP contribution in [-0.4, -0.2) is 32.5 Å². The van der Waals surface area contributed by atoms with Crippen molar-refractivity contribution in [3.63, 3.8) is 0 Å². The van der Waals surface area contributed by atoms with Crippen molar-refractivity contribution in [1.29, 1.82) is 0 Å². The molecule has 3 aromatic heterocycles. The van der Waals surface area contributed by atoms with E-state index in [-0.39, 0.29) is 0 Å². The lowest BCUT2D eigenvalue weighted by atomic mass is 10.2. The number of hydrogen-bond donors (Lipinski definition) is 2. The van der Waals surface area contributed by atoms with E-state index in [1.165, 1.54) is 31.2 Å². The van der Waals surface area contributed by atoms with E-state index in [9.17, 15) is 0 Å². The minimum atomic E-state index is 0.474. The molecule has 1 aliphatic rings. The van der Waals surface area contributed by atoms with Gasteiger partial charge in [0.25, 0.3) is 0 Å². The molecule has 0 aliphatic heterocycles. The Labute approximate surface area is 159 Å². The first kappa shape index (κ1) is 17.4. The summed E-state index contributed by atoms with van der Waals surface area (Å²) >= 11 is 0. The van der Waals surface area contributed by atoms with Crippen molar-refractivity contribution in [2.45, 2.75) is 38.1 Å². The van der Waals surface area contributed by atoms with E-state index in [4.69, 9.17) is 9.97 Å². The molecule has 0 aromatic carbocycles. The number of rotatable bonds is 7. The first-order chi connectivity index (χ1) is 13.4. The van der Waals surface area contributed by atoms with Gasteiger partial charge in [0.05, 0.1) is 5.69 Å². The van der Waals surface area contributed by atoms with Crippen LogP contribution in [0.15, 0.2) is 55.1 Å². The Hall–Kier alpha value is -3.02. The molecule has 0 radical (unpaired) electrons. The van der Waals surface area contributed by atoms with Crippen molar-refractivity contribution in [3.8, 4) is 11.3 Å². The van der Waals surface area contributed by atoms with Crippen LogP contribution >= 0.6 is 0 Å². The topological polar surface area (TPSA) is 75.6 Å². The second kappa shape index (κ2) is 8.58. The molecule has 4 rings (SSSR count). The number of nitrogens with zero attached hydrogens (tertiary/aromatic N) is 4. The molecule has 138 valence electrons. The summed E-state index contributed by atoms with van der Waals surface area (Å²) in [6, 6.07) is 10.5. The molecule has 6 nitrogen and oxygen atoms in total.